The van der Waals surface area contributed by atoms with E-state index in [1.54, 1.807) is 14.0 Å². The molecule has 2 atom stereocenters. The molecule has 1 aromatic carbocycles. The number of rotatable bonds is 5. The number of hydrogen-bond donors (Lipinski definition) is 0. The van der Waals surface area contributed by atoms with Gasteiger partial charge in [-0.3, -0.25) is 9.69 Å². The summed E-state index contributed by atoms with van der Waals surface area (Å²) in [5, 5.41) is 3.92. The molecule has 6 nitrogen and oxygen atoms in total. The van der Waals surface area contributed by atoms with Crippen LogP contribution in [-0.4, -0.2) is 60.2 Å². The number of aromatic nitrogens is 1. The monoisotopic (exact) mass is 381 g/mol. The third kappa shape index (κ3) is 3.56. The summed E-state index contributed by atoms with van der Waals surface area (Å²) in [6.07, 6.45) is 5.40. The number of likely N-dealkylation sites (tertiary alicyclic amines) is 2. The molecule has 28 heavy (non-hydrogen) atoms. The van der Waals surface area contributed by atoms with Crippen LogP contribution in [-0.2, 0) is 0 Å². The molecule has 6 heteroatoms. The highest BCUT2D eigenvalue weighted by molar-refractivity contribution is 5.96. The third-order valence-electron chi connectivity index (χ3n) is 5.93. The van der Waals surface area contributed by atoms with Gasteiger partial charge in [0.15, 0.2) is 0 Å². The summed E-state index contributed by atoms with van der Waals surface area (Å²) in [5.74, 6) is 2.12. The summed E-state index contributed by atoms with van der Waals surface area (Å²) in [7, 11) is 1.68. The van der Waals surface area contributed by atoms with Crippen LogP contribution in [0.2, 0.25) is 0 Å². The first-order chi connectivity index (χ1) is 13.6. The van der Waals surface area contributed by atoms with Crippen LogP contribution in [0.5, 0.6) is 5.75 Å². The number of carbonyl (C=O) groups excluding carboxylic acids is 1. The van der Waals surface area contributed by atoms with E-state index >= 15 is 0 Å². The number of piperidine rings is 1. The van der Waals surface area contributed by atoms with Gasteiger partial charge in [0, 0.05) is 38.1 Å². The van der Waals surface area contributed by atoms with Crippen LogP contribution in [0.3, 0.4) is 0 Å². The molecule has 0 aliphatic carbocycles. The van der Waals surface area contributed by atoms with E-state index in [1.807, 2.05) is 24.0 Å². The highest BCUT2D eigenvalue weighted by Gasteiger charge is 2.43. The average Bonchev–Trinajstić information content (AvgIpc) is 3.03. The SMILES string of the molecule is COc1ccc(/C=C/CN2C[C@@H]3CN(C(=O)c4c(C)noc4C)CC[C@@H]32)cc1. The first-order valence-electron chi connectivity index (χ1n) is 9.83. The van der Waals surface area contributed by atoms with Crippen molar-refractivity contribution in [3.63, 3.8) is 0 Å². The standard InChI is InChI=1S/C22H27N3O3/c1-15-21(16(2)28-23-15)22(26)25-12-10-20-18(14-25)13-24(20)11-4-5-17-6-8-19(27-3)9-7-17/h4-9,18,20H,10-14H2,1-3H3/b5-4+/t18-,20+/m1/s1. The molecule has 0 spiro atoms. The number of methoxy groups -OCH3 is 1. The molecule has 2 aliphatic rings. The fourth-order valence-electron chi connectivity index (χ4n) is 4.36. The molecule has 3 heterocycles. The lowest BCUT2D eigenvalue weighted by atomic mass is 9.82. The van der Waals surface area contributed by atoms with Crippen LogP contribution in [0.25, 0.3) is 6.08 Å². The average molecular weight is 381 g/mol. The molecule has 0 radical (unpaired) electrons. The first-order valence-corrected chi connectivity index (χ1v) is 9.83. The minimum atomic E-state index is 0.0625. The molecule has 1 amide bonds. The number of amides is 1. The van der Waals surface area contributed by atoms with E-state index < -0.39 is 0 Å². The lowest BCUT2D eigenvalue weighted by Crippen LogP contribution is -2.63. The van der Waals surface area contributed by atoms with E-state index in [0.717, 1.165) is 38.3 Å². The van der Waals surface area contributed by atoms with E-state index in [4.69, 9.17) is 9.26 Å². The minimum absolute atomic E-state index is 0.0625. The molecule has 2 aromatic rings. The first kappa shape index (κ1) is 18.7. The Labute approximate surface area is 165 Å². The van der Waals surface area contributed by atoms with Gasteiger partial charge in [-0.15, -0.1) is 0 Å². The summed E-state index contributed by atoms with van der Waals surface area (Å²) >= 11 is 0. The predicted octanol–water partition coefficient (Wildman–Crippen LogP) is 3.16. The molecule has 2 saturated heterocycles. The summed E-state index contributed by atoms with van der Waals surface area (Å²) in [6.45, 7) is 7.25. The van der Waals surface area contributed by atoms with E-state index in [0.29, 0.717) is 29.0 Å². The number of hydrogen-bond acceptors (Lipinski definition) is 5. The summed E-state index contributed by atoms with van der Waals surface area (Å²) in [4.78, 5) is 17.3. The Kier molecular flexibility index (Phi) is 5.22. The molecular formula is C22H27N3O3. The number of ether oxygens (including phenoxy) is 1. The van der Waals surface area contributed by atoms with Gasteiger partial charge in [0.1, 0.15) is 17.1 Å². The molecular weight excluding hydrogens is 354 g/mol. The van der Waals surface area contributed by atoms with Crippen molar-refractivity contribution in [3.05, 3.63) is 52.9 Å². The van der Waals surface area contributed by atoms with Gasteiger partial charge >= 0.3 is 0 Å². The maximum absolute atomic E-state index is 12.8. The van der Waals surface area contributed by atoms with E-state index in [-0.39, 0.29) is 5.91 Å². The van der Waals surface area contributed by atoms with Crippen molar-refractivity contribution in [1.82, 2.24) is 15.0 Å². The van der Waals surface area contributed by atoms with Gasteiger partial charge in [-0.1, -0.05) is 29.4 Å². The second-order valence-electron chi connectivity index (χ2n) is 7.70. The zero-order valence-corrected chi connectivity index (χ0v) is 16.7. The second-order valence-corrected chi connectivity index (χ2v) is 7.70. The van der Waals surface area contributed by atoms with Crippen LogP contribution in [0.4, 0.5) is 0 Å². The van der Waals surface area contributed by atoms with Crippen LogP contribution >= 0.6 is 0 Å². The number of fused-ring (bicyclic) bond motifs is 1. The quantitative estimate of drug-likeness (QED) is 0.796. The van der Waals surface area contributed by atoms with Crippen molar-refractivity contribution in [2.45, 2.75) is 26.3 Å². The molecule has 0 bridgehead atoms. The van der Waals surface area contributed by atoms with Crippen LogP contribution in [0, 0.1) is 19.8 Å². The molecule has 1 aromatic heterocycles. The number of aryl methyl sites for hydroxylation is 2. The molecule has 148 valence electrons. The van der Waals surface area contributed by atoms with Crippen LogP contribution in [0.1, 0.15) is 33.8 Å². The highest BCUT2D eigenvalue weighted by Crippen LogP contribution is 2.33. The van der Waals surface area contributed by atoms with Gasteiger partial charge in [0.2, 0.25) is 0 Å². The molecule has 2 fully saturated rings. The Morgan fingerprint density at radius 3 is 2.71 bits per heavy atom. The molecule has 0 unspecified atom stereocenters. The number of carbonyl (C=O) groups is 1. The van der Waals surface area contributed by atoms with Crippen molar-refractivity contribution >= 4 is 12.0 Å². The third-order valence-corrected chi connectivity index (χ3v) is 5.93. The summed E-state index contributed by atoms with van der Waals surface area (Å²) < 4.78 is 10.4. The molecule has 4 rings (SSSR count). The van der Waals surface area contributed by atoms with E-state index in [1.165, 1.54) is 5.56 Å². The summed E-state index contributed by atoms with van der Waals surface area (Å²) in [6, 6.07) is 8.66. The minimum Gasteiger partial charge on any atom is -0.497 e. The molecule has 2 aliphatic heterocycles. The maximum Gasteiger partial charge on any atom is 0.259 e. The van der Waals surface area contributed by atoms with Gasteiger partial charge in [-0.2, -0.15) is 0 Å². The Morgan fingerprint density at radius 2 is 2.07 bits per heavy atom. The van der Waals surface area contributed by atoms with Gasteiger partial charge in [-0.05, 0) is 38.0 Å². The van der Waals surface area contributed by atoms with Crippen LogP contribution in [0.15, 0.2) is 34.9 Å². The lowest BCUT2D eigenvalue weighted by molar-refractivity contribution is -0.0292. The number of benzene rings is 1. The largest absolute Gasteiger partial charge is 0.497 e. The summed E-state index contributed by atoms with van der Waals surface area (Å²) in [5.41, 5.74) is 2.50. The highest BCUT2D eigenvalue weighted by atomic mass is 16.5. The normalized spacial score (nSPS) is 22.2. The van der Waals surface area contributed by atoms with Crippen molar-refractivity contribution in [1.29, 1.82) is 0 Å². The van der Waals surface area contributed by atoms with E-state index in [2.05, 4.69) is 34.3 Å². The van der Waals surface area contributed by atoms with Gasteiger partial charge in [0.25, 0.3) is 5.91 Å². The van der Waals surface area contributed by atoms with Crippen molar-refractivity contribution < 1.29 is 14.1 Å². The van der Waals surface area contributed by atoms with Crippen LogP contribution < -0.4 is 4.74 Å². The van der Waals surface area contributed by atoms with E-state index in [9.17, 15) is 4.79 Å². The van der Waals surface area contributed by atoms with Crippen molar-refractivity contribution in [2.24, 2.45) is 5.92 Å². The van der Waals surface area contributed by atoms with Gasteiger partial charge < -0.3 is 14.2 Å². The molecule has 0 N–H and O–H groups in total. The zero-order valence-electron chi connectivity index (χ0n) is 16.7. The smallest absolute Gasteiger partial charge is 0.259 e. The Balaban J connectivity index is 1.29. The fraction of sp³-hybridized carbons (Fsp3) is 0.455. The Bertz CT molecular complexity index is 852. The number of nitrogens with zero attached hydrogens (tertiary/aromatic N) is 3. The van der Waals surface area contributed by atoms with Gasteiger partial charge in [-0.25, -0.2) is 0 Å². The maximum atomic E-state index is 12.8. The van der Waals surface area contributed by atoms with Gasteiger partial charge in [0.05, 0.1) is 12.8 Å². The van der Waals surface area contributed by atoms with Crippen molar-refractivity contribution in [2.75, 3.05) is 33.3 Å². The lowest BCUT2D eigenvalue weighted by Gasteiger charge is -2.53. The Hall–Kier alpha value is -2.60. The second kappa shape index (κ2) is 7.80. The van der Waals surface area contributed by atoms with Crippen molar-refractivity contribution in [3.8, 4) is 5.75 Å². The zero-order chi connectivity index (χ0) is 19.7. The molecule has 0 saturated carbocycles. The topological polar surface area (TPSA) is 58.8 Å². The predicted molar refractivity (Wildman–Crippen MR) is 107 cm³/mol. The Morgan fingerprint density at radius 1 is 1.29 bits per heavy atom. The fourth-order valence-corrected chi connectivity index (χ4v) is 4.36.